The summed E-state index contributed by atoms with van der Waals surface area (Å²) in [7, 11) is 1.66. The molecule has 0 amide bonds. The van der Waals surface area contributed by atoms with Gasteiger partial charge in [0.1, 0.15) is 5.75 Å². The first kappa shape index (κ1) is 19.4. The van der Waals surface area contributed by atoms with Crippen molar-refractivity contribution in [3.8, 4) is 5.75 Å². The van der Waals surface area contributed by atoms with Crippen LogP contribution in [-0.4, -0.2) is 59.0 Å². The van der Waals surface area contributed by atoms with E-state index in [1.165, 1.54) is 0 Å². The Hall–Kier alpha value is -3.55. The minimum atomic E-state index is 0.0611. The van der Waals surface area contributed by atoms with Gasteiger partial charge in [-0.15, -0.1) is 0 Å². The van der Waals surface area contributed by atoms with Gasteiger partial charge in [0.15, 0.2) is 5.78 Å². The molecule has 1 aliphatic carbocycles. The fraction of sp³-hybridized carbons (Fsp3) is 0.348. The summed E-state index contributed by atoms with van der Waals surface area (Å²) in [6, 6.07) is 9.73. The maximum absolute atomic E-state index is 12.8. The number of fused-ring (bicyclic) bond motifs is 1. The Morgan fingerprint density at radius 3 is 2.35 bits per heavy atom. The third-order valence-corrected chi connectivity index (χ3v) is 6.00. The molecule has 158 valence electrons. The molecule has 1 atom stereocenters. The summed E-state index contributed by atoms with van der Waals surface area (Å²) in [6.07, 6.45) is 6.37. The summed E-state index contributed by atoms with van der Waals surface area (Å²) >= 11 is 0. The first-order valence-electron chi connectivity index (χ1n) is 10.5. The van der Waals surface area contributed by atoms with Crippen LogP contribution in [0.2, 0.25) is 0 Å². The molecule has 1 fully saturated rings. The fourth-order valence-electron chi connectivity index (χ4n) is 4.37. The van der Waals surface area contributed by atoms with E-state index < -0.39 is 0 Å². The van der Waals surface area contributed by atoms with Crippen molar-refractivity contribution in [3.05, 3.63) is 65.7 Å². The number of nitrogens with zero attached hydrogens (tertiary/aromatic N) is 6. The highest BCUT2D eigenvalue weighted by atomic mass is 16.5. The number of carbonyl (C=O) groups is 1. The molecule has 31 heavy (non-hydrogen) atoms. The largest absolute Gasteiger partial charge is 0.496 e. The second-order valence-corrected chi connectivity index (χ2v) is 7.82. The minimum Gasteiger partial charge on any atom is -0.496 e. The molecule has 8 nitrogen and oxygen atoms in total. The van der Waals surface area contributed by atoms with Gasteiger partial charge in [0.2, 0.25) is 11.9 Å². The number of methoxy groups -OCH3 is 1. The Morgan fingerprint density at radius 1 is 0.903 bits per heavy atom. The molecule has 1 aromatic carbocycles. The first-order chi connectivity index (χ1) is 15.2. The smallest absolute Gasteiger partial charge is 0.225 e. The molecule has 1 saturated heterocycles. The monoisotopic (exact) mass is 416 g/mol. The lowest BCUT2D eigenvalue weighted by molar-refractivity contribution is 0.0962. The van der Waals surface area contributed by atoms with E-state index in [2.05, 4.69) is 24.8 Å². The topological polar surface area (TPSA) is 84.3 Å². The molecule has 0 spiro atoms. The maximum atomic E-state index is 12.8. The van der Waals surface area contributed by atoms with Crippen LogP contribution in [-0.2, 0) is 6.42 Å². The molecule has 8 heteroatoms. The summed E-state index contributed by atoms with van der Waals surface area (Å²) in [5.41, 5.74) is 2.53. The molecular weight excluding hydrogens is 392 g/mol. The van der Waals surface area contributed by atoms with E-state index >= 15 is 0 Å². The molecule has 2 aliphatic rings. The van der Waals surface area contributed by atoms with E-state index in [1.54, 1.807) is 25.7 Å². The number of aromatic nitrogens is 4. The highest BCUT2D eigenvalue weighted by Crippen LogP contribution is 2.36. The van der Waals surface area contributed by atoms with Crippen LogP contribution in [0.15, 0.2) is 48.9 Å². The average Bonchev–Trinajstić information content (AvgIpc) is 2.84. The Bertz CT molecular complexity index is 1080. The van der Waals surface area contributed by atoms with E-state index in [1.807, 2.05) is 30.3 Å². The van der Waals surface area contributed by atoms with Crippen molar-refractivity contribution in [2.24, 2.45) is 0 Å². The second-order valence-electron chi connectivity index (χ2n) is 7.82. The Balaban J connectivity index is 1.34. The van der Waals surface area contributed by atoms with E-state index in [9.17, 15) is 4.79 Å². The lowest BCUT2D eigenvalue weighted by atomic mass is 9.82. The number of carbonyl (C=O) groups excluding carboxylic acids is 1. The molecule has 5 rings (SSSR count). The molecule has 0 unspecified atom stereocenters. The lowest BCUT2D eigenvalue weighted by Gasteiger charge is -2.35. The molecule has 3 aromatic rings. The van der Waals surface area contributed by atoms with Gasteiger partial charge >= 0.3 is 0 Å². The number of anilines is 2. The summed E-state index contributed by atoms with van der Waals surface area (Å²) in [4.78, 5) is 35.1. The van der Waals surface area contributed by atoms with Gasteiger partial charge in [-0.3, -0.25) is 4.79 Å². The molecule has 0 bridgehead atoms. The van der Waals surface area contributed by atoms with Crippen LogP contribution in [0.1, 0.15) is 34.0 Å². The van der Waals surface area contributed by atoms with Crippen molar-refractivity contribution in [2.45, 2.75) is 18.8 Å². The van der Waals surface area contributed by atoms with E-state index in [-0.39, 0.29) is 11.7 Å². The number of para-hydroxylation sites is 1. The zero-order valence-electron chi connectivity index (χ0n) is 17.4. The number of ether oxygens (including phenoxy) is 1. The van der Waals surface area contributed by atoms with Crippen LogP contribution < -0.4 is 14.5 Å². The summed E-state index contributed by atoms with van der Waals surface area (Å²) in [6.45, 7) is 3.16. The first-order valence-corrected chi connectivity index (χ1v) is 10.5. The predicted octanol–water partition coefficient (Wildman–Crippen LogP) is 2.51. The number of piperazine rings is 1. The third kappa shape index (κ3) is 3.81. The Morgan fingerprint density at radius 2 is 1.61 bits per heavy atom. The van der Waals surface area contributed by atoms with Gasteiger partial charge in [-0.05, 0) is 24.1 Å². The van der Waals surface area contributed by atoms with Crippen molar-refractivity contribution in [1.29, 1.82) is 0 Å². The molecule has 1 aliphatic heterocycles. The molecule has 3 heterocycles. The number of benzene rings is 1. The van der Waals surface area contributed by atoms with Gasteiger partial charge in [-0.1, -0.05) is 18.2 Å². The molecular formula is C23H24N6O2. The predicted molar refractivity (Wildman–Crippen MR) is 117 cm³/mol. The van der Waals surface area contributed by atoms with Crippen molar-refractivity contribution in [3.63, 3.8) is 0 Å². The number of hydrogen-bond acceptors (Lipinski definition) is 8. The lowest BCUT2D eigenvalue weighted by Crippen LogP contribution is -2.47. The minimum absolute atomic E-state index is 0.0611. The standard InChI is InChI=1S/C23H24N6O2/c1-31-21-6-3-2-5-17(21)16-13-19-18(20(30)14-16)15-26-23(27-19)29-11-9-28(10-12-29)22-24-7-4-8-25-22/h2-8,15-16H,9-14H2,1H3/t16-/m0/s1. The van der Waals surface area contributed by atoms with Gasteiger partial charge in [-0.2, -0.15) is 0 Å². The zero-order valence-corrected chi connectivity index (χ0v) is 17.4. The SMILES string of the molecule is COc1ccccc1[C@@H]1CC(=O)c2cnc(N3CCN(c4ncccn4)CC3)nc2C1. The Kier molecular flexibility index (Phi) is 5.19. The van der Waals surface area contributed by atoms with Crippen LogP contribution in [0.5, 0.6) is 5.75 Å². The van der Waals surface area contributed by atoms with Crippen molar-refractivity contribution >= 4 is 17.7 Å². The molecule has 0 saturated carbocycles. The van der Waals surface area contributed by atoms with Crippen molar-refractivity contribution in [1.82, 2.24) is 19.9 Å². The normalized spacial score (nSPS) is 18.6. The van der Waals surface area contributed by atoms with Gasteiger partial charge in [0.05, 0.1) is 18.4 Å². The fourth-order valence-corrected chi connectivity index (χ4v) is 4.37. The number of rotatable bonds is 4. The van der Waals surface area contributed by atoms with Crippen LogP contribution in [0, 0.1) is 0 Å². The zero-order chi connectivity index (χ0) is 21.2. The van der Waals surface area contributed by atoms with Gasteiger partial charge < -0.3 is 14.5 Å². The van der Waals surface area contributed by atoms with Crippen LogP contribution in [0.25, 0.3) is 0 Å². The van der Waals surface area contributed by atoms with E-state index in [0.717, 1.165) is 49.1 Å². The van der Waals surface area contributed by atoms with Crippen molar-refractivity contribution in [2.75, 3.05) is 43.1 Å². The quantitative estimate of drug-likeness (QED) is 0.642. The van der Waals surface area contributed by atoms with Crippen LogP contribution in [0.3, 0.4) is 0 Å². The number of Topliss-reactive ketones (excluding diaryl/α,β-unsaturated/α-hetero) is 1. The van der Waals surface area contributed by atoms with Crippen molar-refractivity contribution < 1.29 is 9.53 Å². The van der Waals surface area contributed by atoms with Gasteiger partial charge in [-0.25, -0.2) is 19.9 Å². The van der Waals surface area contributed by atoms with Crippen LogP contribution in [0.4, 0.5) is 11.9 Å². The second kappa shape index (κ2) is 8.29. The molecule has 0 radical (unpaired) electrons. The number of ketones is 1. The summed E-state index contributed by atoms with van der Waals surface area (Å²) < 4.78 is 5.52. The summed E-state index contributed by atoms with van der Waals surface area (Å²) in [5, 5.41) is 0. The highest BCUT2D eigenvalue weighted by Gasteiger charge is 2.30. The highest BCUT2D eigenvalue weighted by molar-refractivity contribution is 5.98. The van der Waals surface area contributed by atoms with Gasteiger partial charge in [0.25, 0.3) is 0 Å². The Labute approximate surface area is 180 Å². The molecule has 0 N–H and O–H groups in total. The van der Waals surface area contributed by atoms with Gasteiger partial charge in [0, 0.05) is 57.1 Å². The summed E-state index contributed by atoms with van der Waals surface area (Å²) in [5.74, 6) is 2.40. The third-order valence-electron chi connectivity index (χ3n) is 6.00. The molecule has 2 aromatic heterocycles. The van der Waals surface area contributed by atoms with E-state index in [4.69, 9.17) is 9.72 Å². The van der Waals surface area contributed by atoms with E-state index in [0.29, 0.717) is 24.4 Å². The number of hydrogen-bond donors (Lipinski definition) is 0. The average molecular weight is 416 g/mol. The maximum Gasteiger partial charge on any atom is 0.225 e. The van der Waals surface area contributed by atoms with Crippen LogP contribution >= 0.6 is 0 Å².